The van der Waals surface area contributed by atoms with Gasteiger partial charge in [-0.25, -0.2) is 4.39 Å². The van der Waals surface area contributed by atoms with Crippen molar-refractivity contribution in [3.8, 4) is 0 Å². The molecule has 0 aliphatic carbocycles. The fraction of sp³-hybridized carbons (Fsp3) is 0.562. The molecule has 1 aliphatic heterocycles. The molecule has 1 aliphatic rings. The van der Waals surface area contributed by atoms with Crippen LogP contribution < -0.4 is 0 Å². The van der Waals surface area contributed by atoms with Crippen molar-refractivity contribution in [3.63, 3.8) is 0 Å². The van der Waals surface area contributed by atoms with Crippen molar-refractivity contribution in [2.45, 2.75) is 51.1 Å². The molecule has 1 unspecified atom stereocenters. The number of esters is 1. The van der Waals surface area contributed by atoms with Crippen molar-refractivity contribution < 1.29 is 23.2 Å². The van der Waals surface area contributed by atoms with Crippen molar-refractivity contribution >= 4 is 24.7 Å². The Hall–Kier alpha value is -1.11. The van der Waals surface area contributed by atoms with Crippen LogP contribution in [0.4, 0.5) is 4.39 Å². The number of methoxy groups -OCH3 is 1. The highest BCUT2D eigenvalue weighted by Crippen LogP contribution is 2.42. The molecule has 0 N–H and O–H groups in total. The molecule has 1 heterocycles. The van der Waals surface area contributed by atoms with E-state index in [0.717, 1.165) is 0 Å². The highest BCUT2D eigenvalue weighted by atomic mass is 35.5. The van der Waals surface area contributed by atoms with Gasteiger partial charge in [0.2, 0.25) is 0 Å². The molecule has 0 amide bonds. The molecule has 0 radical (unpaired) electrons. The first kappa shape index (κ1) is 18.2. The van der Waals surface area contributed by atoms with Gasteiger partial charge in [-0.15, -0.1) is 0 Å². The van der Waals surface area contributed by atoms with Crippen LogP contribution in [0.15, 0.2) is 18.2 Å². The molecule has 23 heavy (non-hydrogen) atoms. The molecule has 4 nitrogen and oxygen atoms in total. The van der Waals surface area contributed by atoms with E-state index in [1.54, 1.807) is 6.07 Å². The van der Waals surface area contributed by atoms with E-state index < -0.39 is 35.9 Å². The largest absolute Gasteiger partial charge is 0.469 e. The number of halogens is 2. The van der Waals surface area contributed by atoms with Gasteiger partial charge in [-0.3, -0.25) is 4.79 Å². The van der Waals surface area contributed by atoms with Crippen LogP contribution >= 0.6 is 11.6 Å². The van der Waals surface area contributed by atoms with E-state index in [0.29, 0.717) is 5.56 Å². The first-order chi connectivity index (χ1) is 10.6. The summed E-state index contributed by atoms with van der Waals surface area (Å²) in [7, 11) is 0.631. The van der Waals surface area contributed by atoms with E-state index >= 15 is 0 Å². The SMILES string of the molecule is COC(=O)CC(B1OC(C)(C)C(C)(C)O1)c1ccc(Cl)c(F)c1. The van der Waals surface area contributed by atoms with E-state index in [4.69, 9.17) is 25.6 Å². The van der Waals surface area contributed by atoms with E-state index in [9.17, 15) is 9.18 Å². The molecular weight excluding hydrogens is 321 g/mol. The van der Waals surface area contributed by atoms with E-state index in [2.05, 4.69) is 0 Å². The summed E-state index contributed by atoms with van der Waals surface area (Å²) in [4.78, 5) is 11.8. The Labute approximate surface area is 141 Å². The zero-order valence-corrected chi connectivity index (χ0v) is 14.7. The summed E-state index contributed by atoms with van der Waals surface area (Å²) >= 11 is 5.74. The van der Waals surface area contributed by atoms with Crippen LogP contribution in [0.25, 0.3) is 0 Å². The van der Waals surface area contributed by atoms with Crippen LogP contribution in [0, 0.1) is 5.82 Å². The highest BCUT2D eigenvalue weighted by molar-refractivity contribution is 6.48. The minimum absolute atomic E-state index is 0.0222. The van der Waals surface area contributed by atoms with Crippen LogP contribution in [-0.4, -0.2) is 31.4 Å². The van der Waals surface area contributed by atoms with Gasteiger partial charge in [0.05, 0.1) is 29.8 Å². The fourth-order valence-electron chi connectivity index (χ4n) is 2.43. The van der Waals surface area contributed by atoms with Gasteiger partial charge in [0.15, 0.2) is 0 Å². The molecule has 1 saturated heterocycles. The maximum absolute atomic E-state index is 13.8. The molecule has 1 fully saturated rings. The Balaban J connectivity index is 2.35. The number of hydrogen-bond acceptors (Lipinski definition) is 4. The molecule has 1 atom stereocenters. The van der Waals surface area contributed by atoms with Gasteiger partial charge < -0.3 is 14.0 Å². The minimum atomic E-state index is -0.681. The molecule has 0 saturated carbocycles. The molecule has 0 aromatic heterocycles. The molecule has 7 heteroatoms. The monoisotopic (exact) mass is 342 g/mol. The maximum atomic E-state index is 13.8. The molecule has 1 aromatic rings. The Morgan fingerprint density at radius 3 is 2.35 bits per heavy atom. The number of carbonyl (C=O) groups excluding carboxylic acids is 1. The number of carbonyl (C=O) groups is 1. The van der Waals surface area contributed by atoms with Crippen LogP contribution in [0.5, 0.6) is 0 Å². The third kappa shape index (κ3) is 3.70. The standard InChI is InChI=1S/C16H21BClFO4/c1-15(2)16(3,4)23-17(22-15)11(9-14(20)21-5)10-6-7-12(18)13(19)8-10/h6-8,11H,9H2,1-5H3. The van der Waals surface area contributed by atoms with Gasteiger partial charge in [-0.2, -0.15) is 0 Å². The highest BCUT2D eigenvalue weighted by Gasteiger charge is 2.54. The summed E-state index contributed by atoms with van der Waals surface area (Å²) in [6.07, 6.45) is 0.0222. The number of rotatable bonds is 4. The van der Waals surface area contributed by atoms with Gasteiger partial charge in [-0.1, -0.05) is 17.7 Å². The van der Waals surface area contributed by atoms with Crippen molar-refractivity contribution in [3.05, 3.63) is 34.6 Å². The predicted molar refractivity (Wildman–Crippen MR) is 86.9 cm³/mol. The zero-order valence-electron chi connectivity index (χ0n) is 14.0. The first-order valence-corrected chi connectivity index (χ1v) is 7.82. The van der Waals surface area contributed by atoms with E-state index in [1.807, 2.05) is 27.7 Å². The lowest BCUT2D eigenvalue weighted by atomic mass is 9.66. The third-order valence-corrected chi connectivity index (χ3v) is 4.89. The van der Waals surface area contributed by atoms with Gasteiger partial charge in [0.1, 0.15) is 5.82 Å². The lowest BCUT2D eigenvalue weighted by Crippen LogP contribution is -2.41. The second-order valence-electron chi connectivity index (χ2n) is 6.69. The molecule has 0 bridgehead atoms. The number of hydrogen-bond donors (Lipinski definition) is 0. The van der Waals surface area contributed by atoms with Gasteiger partial charge in [0, 0.05) is 5.82 Å². The van der Waals surface area contributed by atoms with Crippen molar-refractivity contribution in [1.29, 1.82) is 0 Å². The number of ether oxygens (including phenoxy) is 1. The number of benzene rings is 1. The summed E-state index contributed by atoms with van der Waals surface area (Å²) in [6, 6.07) is 4.44. The summed E-state index contributed by atoms with van der Waals surface area (Å²) in [5.41, 5.74) is -0.510. The molecule has 0 spiro atoms. The van der Waals surface area contributed by atoms with Gasteiger partial charge >= 0.3 is 13.1 Å². The summed E-state index contributed by atoms with van der Waals surface area (Å²) < 4.78 is 30.6. The normalized spacial score (nSPS) is 20.4. The quantitative estimate of drug-likeness (QED) is 0.617. The van der Waals surface area contributed by atoms with E-state index in [1.165, 1.54) is 19.2 Å². The van der Waals surface area contributed by atoms with E-state index in [-0.39, 0.29) is 11.4 Å². The average molecular weight is 343 g/mol. The fourth-order valence-corrected chi connectivity index (χ4v) is 2.55. The minimum Gasteiger partial charge on any atom is -0.469 e. The Morgan fingerprint density at radius 2 is 1.87 bits per heavy atom. The van der Waals surface area contributed by atoms with Gasteiger partial charge in [-0.05, 0) is 45.4 Å². The Bertz CT molecular complexity index is 590. The summed E-state index contributed by atoms with van der Waals surface area (Å²) in [5, 5.41) is 0.0273. The molecular formula is C16H21BClFO4. The third-order valence-electron chi connectivity index (χ3n) is 4.59. The van der Waals surface area contributed by atoms with Crippen LogP contribution in [-0.2, 0) is 18.8 Å². The van der Waals surface area contributed by atoms with Crippen molar-refractivity contribution in [1.82, 2.24) is 0 Å². The zero-order chi connectivity index (χ0) is 17.4. The second-order valence-corrected chi connectivity index (χ2v) is 7.09. The van der Waals surface area contributed by atoms with Crippen LogP contribution in [0.1, 0.15) is 45.5 Å². The lowest BCUT2D eigenvalue weighted by molar-refractivity contribution is -0.140. The lowest BCUT2D eigenvalue weighted by Gasteiger charge is -2.32. The van der Waals surface area contributed by atoms with Crippen LogP contribution in [0.3, 0.4) is 0 Å². The topological polar surface area (TPSA) is 44.8 Å². The molecule has 126 valence electrons. The predicted octanol–water partition coefficient (Wildman–Crippen LogP) is 3.76. The summed E-state index contributed by atoms with van der Waals surface area (Å²) in [6.45, 7) is 7.69. The Kier molecular flexibility index (Phi) is 5.09. The maximum Gasteiger partial charge on any atom is 0.466 e. The average Bonchev–Trinajstić information content (AvgIpc) is 2.67. The van der Waals surface area contributed by atoms with Crippen LogP contribution in [0.2, 0.25) is 5.02 Å². The second kappa shape index (κ2) is 6.42. The van der Waals surface area contributed by atoms with Gasteiger partial charge in [0.25, 0.3) is 0 Å². The molecule has 1 aromatic carbocycles. The Morgan fingerprint density at radius 1 is 1.30 bits per heavy atom. The smallest absolute Gasteiger partial charge is 0.466 e. The first-order valence-electron chi connectivity index (χ1n) is 7.45. The van der Waals surface area contributed by atoms with Crippen molar-refractivity contribution in [2.75, 3.05) is 7.11 Å². The van der Waals surface area contributed by atoms with Crippen molar-refractivity contribution in [2.24, 2.45) is 0 Å². The molecule has 2 rings (SSSR count). The summed E-state index contributed by atoms with van der Waals surface area (Å²) in [5.74, 6) is -1.45.